The number of aliphatic hydroxyl groups excluding tert-OH is 2. The van der Waals surface area contributed by atoms with E-state index in [1.165, 1.54) is 20.1 Å². The van der Waals surface area contributed by atoms with Crippen molar-refractivity contribution in [3.8, 4) is 5.88 Å². The zero-order valence-electron chi connectivity index (χ0n) is 10.3. The number of carbonyl (C=O) groups excluding carboxylic acids is 1. The summed E-state index contributed by atoms with van der Waals surface area (Å²) in [4.78, 5) is 14.7. The molecule has 5 N–H and O–H groups in total. The molecule has 18 heavy (non-hydrogen) atoms. The predicted octanol–water partition coefficient (Wildman–Crippen LogP) is -0.797. The lowest BCUT2D eigenvalue weighted by Crippen LogP contribution is -2.34. The molecule has 0 aliphatic carbocycles. The van der Waals surface area contributed by atoms with Crippen LogP contribution in [0.4, 0.5) is 5.69 Å². The number of nitrogens with one attached hydrogen (secondary N) is 1. The third kappa shape index (κ3) is 3.57. The Morgan fingerprint density at radius 2 is 2.22 bits per heavy atom. The van der Waals surface area contributed by atoms with Crippen molar-refractivity contribution in [2.75, 3.05) is 19.4 Å². The maximum Gasteiger partial charge on any atom is 0.216 e. The van der Waals surface area contributed by atoms with E-state index in [4.69, 9.17) is 10.5 Å². The molecule has 0 aliphatic heterocycles. The maximum atomic E-state index is 10.7. The lowest BCUT2D eigenvalue weighted by atomic mass is 10.1. The van der Waals surface area contributed by atoms with Crippen LogP contribution in [0.2, 0.25) is 0 Å². The first-order valence-electron chi connectivity index (χ1n) is 5.36. The molecule has 0 radical (unpaired) electrons. The van der Waals surface area contributed by atoms with Crippen molar-refractivity contribution in [3.63, 3.8) is 0 Å². The van der Waals surface area contributed by atoms with Crippen molar-refractivity contribution in [2.45, 2.75) is 19.1 Å². The highest BCUT2D eigenvalue weighted by Gasteiger charge is 2.22. The van der Waals surface area contributed by atoms with E-state index in [1.54, 1.807) is 6.07 Å². The Morgan fingerprint density at radius 3 is 2.78 bits per heavy atom. The van der Waals surface area contributed by atoms with E-state index in [2.05, 4.69) is 10.3 Å². The van der Waals surface area contributed by atoms with E-state index in [9.17, 15) is 15.0 Å². The second kappa shape index (κ2) is 6.18. The molecule has 0 spiro atoms. The van der Waals surface area contributed by atoms with Crippen LogP contribution in [-0.4, -0.2) is 40.9 Å². The lowest BCUT2D eigenvalue weighted by Gasteiger charge is -2.19. The fourth-order valence-electron chi connectivity index (χ4n) is 1.36. The highest BCUT2D eigenvalue weighted by atomic mass is 16.5. The fourth-order valence-corrected chi connectivity index (χ4v) is 1.36. The van der Waals surface area contributed by atoms with Crippen LogP contribution in [0.3, 0.4) is 0 Å². The van der Waals surface area contributed by atoms with Gasteiger partial charge in [0.05, 0.1) is 18.5 Å². The van der Waals surface area contributed by atoms with Gasteiger partial charge in [0, 0.05) is 19.5 Å². The van der Waals surface area contributed by atoms with E-state index in [-0.39, 0.29) is 29.7 Å². The Morgan fingerprint density at radius 1 is 1.56 bits per heavy atom. The monoisotopic (exact) mass is 255 g/mol. The topological polar surface area (TPSA) is 118 Å². The number of amides is 1. The van der Waals surface area contributed by atoms with Crippen LogP contribution in [0, 0.1) is 0 Å². The average Bonchev–Trinajstić information content (AvgIpc) is 2.35. The molecule has 1 rings (SSSR count). The number of hydrogen-bond acceptors (Lipinski definition) is 6. The number of rotatable bonds is 5. The van der Waals surface area contributed by atoms with E-state index < -0.39 is 12.2 Å². The third-order valence-corrected chi connectivity index (χ3v) is 2.35. The molecule has 0 saturated carbocycles. The Balaban J connectivity index is 2.81. The zero-order chi connectivity index (χ0) is 13.7. The Labute approximate surface area is 105 Å². The van der Waals surface area contributed by atoms with Crippen molar-refractivity contribution in [1.82, 2.24) is 10.3 Å². The van der Waals surface area contributed by atoms with Gasteiger partial charge in [0.1, 0.15) is 12.2 Å². The number of nitrogen functional groups attached to an aromatic ring is 1. The van der Waals surface area contributed by atoms with Crippen LogP contribution in [0.1, 0.15) is 18.7 Å². The summed E-state index contributed by atoms with van der Waals surface area (Å²) < 4.78 is 4.91. The summed E-state index contributed by atoms with van der Waals surface area (Å²) in [6.07, 6.45) is -2.50. The minimum absolute atomic E-state index is 0.0885. The van der Waals surface area contributed by atoms with Gasteiger partial charge in [0.2, 0.25) is 11.8 Å². The predicted molar refractivity (Wildman–Crippen MR) is 64.9 cm³/mol. The summed E-state index contributed by atoms with van der Waals surface area (Å²) in [5.74, 6) is -0.0159. The molecule has 1 aromatic heterocycles. The number of aliphatic hydroxyl groups is 2. The Bertz CT molecular complexity index is 425. The van der Waals surface area contributed by atoms with Gasteiger partial charge in [-0.3, -0.25) is 4.79 Å². The molecule has 0 bridgehead atoms. The van der Waals surface area contributed by atoms with Crippen LogP contribution in [0.25, 0.3) is 0 Å². The van der Waals surface area contributed by atoms with Crippen LogP contribution in [0.5, 0.6) is 5.88 Å². The Hall–Kier alpha value is -1.86. The van der Waals surface area contributed by atoms with Gasteiger partial charge >= 0.3 is 0 Å². The van der Waals surface area contributed by atoms with Gasteiger partial charge in [-0.15, -0.1) is 0 Å². The third-order valence-electron chi connectivity index (χ3n) is 2.35. The first kappa shape index (κ1) is 14.2. The minimum Gasteiger partial charge on any atom is -0.481 e. The SMILES string of the molecule is COc1ccc(N)c(C(O)C(O)CNC(C)=O)n1. The first-order valence-corrected chi connectivity index (χ1v) is 5.36. The average molecular weight is 255 g/mol. The molecular weight excluding hydrogens is 238 g/mol. The fraction of sp³-hybridized carbons (Fsp3) is 0.455. The number of ether oxygens (including phenoxy) is 1. The van der Waals surface area contributed by atoms with E-state index >= 15 is 0 Å². The number of nitrogens with two attached hydrogens (primary N) is 1. The van der Waals surface area contributed by atoms with Gasteiger partial charge in [-0.25, -0.2) is 4.98 Å². The molecule has 2 atom stereocenters. The molecule has 7 nitrogen and oxygen atoms in total. The van der Waals surface area contributed by atoms with Crippen LogP contribution in [-0.2, 0) is 4.79 Å². The molecular formula is C11H17N3O4. The second-order valence-corrected chi connectivity index (χ2v) is 3.78. The number of nitrogens with zero attached hydrogens (tertiary/aromatic N) is 1. The highest BCUT2D eigenvalue weighted by Crippen LogP contribution is 2.23. The van der Waals surface area contributed by atoms with Crippen molar-refractivity contribution in [3.05, 3.63) is 17.8 Å². The molecule has 0 aliphatic rings. The standard InChI is InChI=1S/C11H17N3O4/c1-6(15)13-5-8(16)11(17)10-7(12)3-4-9(14-10)18-2/h3-4,8,11,16-17H,5,12H2,1-2H3,(H,13,15). The van der Waals surface area contributed by atoms with E-state index in [0.717, 1.165) is 0 Å². The summed E-state index contributed by atoms with van der Waals surface area (Å²) in [6.45, 7) is 1.23. The minimum atomic E-state index is -1.30. The van der Waals surface area contributed by atoms with Crippen molar-refractivity contribution in [1.29, 1.82) is 0 Å². The van der Waals surface area contributed by atoms with E-state index in [0.29, 0.717) is 0 Å². The van der Waals surface area contributed by atoms with Gasteiger partial charge in [-0.1, -0.05) is 0 Å². The number of hydrogen-bond donors (Lipinski definition) is 4. The second-order valence-electron chi connectivity index (χ2n) is 3.78. The highest BCUT2D eigenvalue weighted by molar-refractivity contribution is 5.72. The number of carbonyl (C=O) groups is 1. The molecule has 2 unspecified atom stereocenters. The van der Waals surface area contributed by atoms with Crippen molar-refractivity contribution >= 4 is 11.6 Å². The van der Waals surface area contributed by atoms with Gasteiger partial charge in [0.15, 0.2) is 0 Å². The molecule has 100 valence electrons. The molecule has 1 amide bonds. The molecule has 0 saturated heterocycles. The summed E-state index contributed by atoms with van der Waals surface area (Å²) in [6, 6.07) is 3.07. The summed E-state index contributed by atoms with van der Waals surface area (Å²) in [5.41, 5.74) is 6.02. The summed E-state index contributed by atoms with van der Waals surface area (Å²) in [5, 5.41) is 22.0. The smallest absolute Gasteiger partial charge is 0.216 e. The molecule has 1 aromatic rings. The molecule has 1 heterocycles. The quantitative estimate of drug-likeness (QED) is 0.547. The first-order chi connectivity index (χ1) is 8.45. The lowest BCUT2D eigenvalue weighted by molar-refractivity contribution is -0.119. The summed E-state index contributed by atoms with van der Waals surface area (Å²) >= 11 is 0. The number of anilines is 1. The zero-order valence-corrected chi connectivity index (χ0v) is 10.3. The maximum absolute atomic E-state index is 10.7. The van der Waals surface area contributed by atoms with Gasteiger partial charge < -0.3 is 26.0 Å². The summed E-state index contributed by atoms with van der Waals surface area (Å²) in [7, 11) is 1.43. The molecule has 0 aromatic carbocycles. The van der Waals surface area contributed by atoms with Crippen molar-refractivity contribution in [2.24, 2.45) is 0 Å². The van der Waals surface area contributed by atoms with Crippen LogP contribution in [0.15, 0.2) is 12.1 Å². The van der Waals surface area contributed by atoms with Gasteiger partial charge in [-0.05, 0) is 6.07 Å². The number of pyridine rings is 1. The number of aromatic nitrogens is 1. The Kier molecular flexibility index (Phi) is 4.87. The molecule has 0 fully saturated rings. The van der Waals surface area contributed by atoms with Crippen LogP contribution >= 0.6 is 0 Å². The van der Waals surface area contributed by atoms with Crippen molar-refractivity contribution < 1.29 is 19.7 Å². The largest absolute Gasteiger partial charge is 0.481 e. The number of methoxy groups -OCH3 is 1. The van der Waals surface area contributed by atoms with Gasteiger partial charge in [0.25, 0.3) is 0 Å². The normalized spacial score (nSPS) is 13.8. The molecule has 7 heteroatoms. The van der Waals surface area contributed by atoms with E-state index in [1.807, 2.05) is 0 Å². The van der Waals surface area contributed by atoms with Crippen LogP contribution < -0.4 is 15.8 Å². The van der Waals surface area contributed by atoms with Gasteiger partial charge in [-0.2, -0.15) is 0 Å².